The minimum atomic E-state index is -3.18. The highest BCUT2D eigenvalue weighted by Crippen LogP contribution is 2.27. The predicted octanol–water partition coefficient (Wildman–Crippen LogP) is 1.84. The van der Waals surface area contributed by atoms with E-state index < -0.39 is 10.0 Å². The number of hydrogen-bond acceptors (Lipinski definition) is 4. The number of carbonyl (C=O) groups excluding carboxylic acids is 1. The molecule has 5 nitrogen and oxygen atoms in total. The summed E-state index contributed by atoms with van der Waals surface area (Å²) in [6, 6.07) is 0. The molecule has 1 aliphatic carbocycles. The molecule has 1 N–H and O–H groups in total. The number of sulfonamides is 1. The zero-order valence-corrected chi connectivity index (χ0v) is 15.1. The van der Waals surface area contributed by atoms with E-state index in [0.29, 0.717) is 19.6 Å². The topological polar surface area (TPSA) is 66.5 Å². The number of rotatable bonds is 6. The molecule has 2 fully saturated rings. The van der Waals surface area contributed by atoms with Crippen molar-refractivity contribution in [2.75, 3.05) is 31.6 Å². The van der Waals surface area contributed by atoms with Crippen molar-refractivity contribution < 1.29 is 13.2 Å². The zero-order chi connectivity index (χ0) is 16.0. The Morgan fingerprint density at radius 1 is 1.18 bits per heavy atom. The zero-order valence-electron chi connectivity index (χ0n) is 13.4. The Balaban J connectivity index is 1.66. The van der Waals surface area contributed by atoms with Gasteiger partial charge in [-0.25, -0.2) is 12.7 Å². The van der Waals surface area contributed by atoms with Gasteiger partial charge >= 0.3 is 0 Å². The molecule has 1 aliphatic heterocycles. The van der Waals surface area contributed by atoms with Crippen molar-refractivity contribution in [1.29, 1.82) is 0 Å². The smallest absolute Gasteiger partial charge is 0.224 e. The molecular formula is C15H28N2O3S2. The third kappa shape index (κ3) is 5.74. The maximum atomic E-state index is 12.2. The van der Waals surface area contributed by atoms with Crippen molar-refractivity contribution in [2.45, 2.75) is 50.2 Å². The summed E-state index contributed by atoms with van der Waals surface area (Å²) < 4.78 is 24.6. The first-order valence-electron chi connectivity index (χ1n) is 8.31. The summed E-state index contributed by atoms with van der Waals surface area (Å²) in [5.41, 5.74) is 0. The standard InChI is InChI=1S/C15H28N2O3S2/c1-22(19,20)17-10-5-6-13(12-17)15(18)16-9-11-21-14-7-3-2-4-8-14/h13-14H,2-12H2,1H3,(H,16,18)/t13-/m1/s1. The minimum Gasteiger partial charge on any atom is -0.355 e. The summed E-state index contributed by atoms with van der Waals surface area (Å²) >= 11 is 1.97. The van der Waals surface area contributed by atoms with E-state index in [1.165, 1.54) is 42.7 Å². The van der Waals surface area contributed by atoms with Gasteiger partial charge < -0.3 is 5.32 Å². The Morgan fingerprint density at radius 2 is 1.91 bits per heavy atom. The van der Waals surface area contributed by atoms with Gasteiger partial charge in [-0.15, -0.1) is 0 Å². The molecule has 1 amide bonds. The average Bonchev–Trinajstić information content (AvgIpc) is 2.52. The Labute approximate surface area is 138 Å². The van der Waals surface area contributed by atoms with E-state index in [2.05, 4.69) is 5.32 Å². The van der Waals surface area contributed by atoms with Gasteiger partial charge in [0.1, 0.15) is 0 Å². The van der Waals surface area contributed by atoms with Gasteiger partial charge in [-0.05, 0) is 25.7 Å². The van der Waals surface area contributed by atoms with Gasteiger partial charge in [0, 0.05) is 30.6 Å². The maximum absolute atomic E-state index is 12.2. The Hall–Kier alpha value is -0.270. The number of nitrogens with zero attached hydrogens (tertiary/aromatic N) is 1. The fourth-order valence-corrected chi connectivity index (χ4v) is 5.36. The largest absolute Gasteiger partial charge is 0.355 e. The van der Waals surface area contributed by atoms with Crippen molar-refractivity contribution in [3.05, 3.63) is 0 Å². The molecular weight excluding hydrogens is 320 g/mol. The Bertz CT molecular complexity index is 461. The SMILES string of the molecule is CS(=O)(=O)N1CCC[C@@H](C(=O)NCCSC2CCCCC2)C1. The van der Waals surface area contributed by atoms with Crippen LogP contribution in [0.2, 0.25) is 0 Å². The van der Waals surface area contributed by atoms with Crippen molar-refractivity contribution in [3.8, 4) is 0 Å². The highest BCUT2D eigenvalue weighted by atomic mass is 32.2. The number of carbonyl (C=O) groups is 1. The van der Waals surface area contributed by atoms with E-state index in [9.17, 15) is 13.2 Å². The van der Waals surface area contributed by atoms with Gasteiger partial charge in [0.2, 0.25) is 15.9 Å². The molecule has 2 aliphatic rings. The highest BCUT2D eigenvalue weighted by molar-refractivity contribution is 7.99. The lowest BCUT2D eigenvalue weighted by molar-refractivity contribution is -0.125. The second-order valence-electron chi connectivity index (χ2n) is 6.38. The summed E-state index contributed by atoms with van der Waals surface area (Å²) in [5, 5.41) is 3.75. The summed E-state index contributed by atoms with van der Waals surface area (Å²) in [6.45, 7) is 1.57. The van der Waals surface area contributed by atoms with Gasteiger partial charge in [-0.1, -0.05) is 19.3 Å². The average molecular weight is 349 g/mol. The molecule has 0 radical (unpaired) electrons. The van der Waals surface area contributed by atoms with Gasteiger partial charge in [0.25, 0.3) is 0 Å². The lowest BCUT2D eigenvalue weighted by Crippen LogP contribution is -2.45. The molecule has 0 aromatic rings. The number of piperidine rings is 1. The Kier molecular flexibility index (Phi) is 7.02. The molecule has 0 unspecified atom stereocenters. The van der Waals surface area contributed by atoms with Crippen LogP contribution in [0.4, 0.5) is 0 Å². The lowest BCUT2D eigenvalue weighted by Gasteiger charge is -2.30. The van der Waals surface area contributed by atoms with Gasteiger partial charge in [-0.3, -0.25) is 4.79 Å². The van der Waals surface area contributed by atoms with Crippen LogP contribution in [0, 0.1) is 5.92 Å². The van der Waals surface area contributed by atoms with Crippen molar-refractivity contribution in [1.82, 2.24) is 9.62 Å². The number of nitrogens with one attached hydrogen (secondary N) is 1. The quantitative estimate of drug-likeness (QED) is 0.744. The van der Waals surface area contributed by atoms with Crippen molar-refractivity contribution >= 4 is 27.7 Å². The molecule has 2 rings (SSSR count). The normalized spacial score (nSPS) is 25.0. The van der Waals surface area contributed by atoms with E-state index in [-0.39, 0.29) is 11.8 Å². The van der Waals surface area contributed by atoms with Crippen molar-refractivity contribution in [3.63, 3.8) is 0 Å². The maximum Gasteiger partial charge on any atom is 0.224 e. The van der Waals surface area contributed by atoms with Gasteiger partial charge in [-0.2, -0.15) is 11.8 Å². The predicted molar refractivity (Wildman–Crippen MR) is 91.5 cm³/mol. The molecule has 0 aromatic heterocycles. The van der Waals surface area contributed by atoms with E-state index in [1.807, 2.05) is 11.8 Å². The second-order valence-corrected chi connectivity index (χ2v) is 9.77. The molecule has 0 bridgehead atoms. The fourth-order valence-electron chi connectivity index (χ4n) is 3.23. The van der Waals surface area contributed by atoms with E-state index in [1.54, 1.807) is 0 Å². The van der Waals surface area contributed by atoms with Crippen molar-refractivity contribution in [2.24, 2.45) is 5.92 Å². The molecule has 0 aromatic carbocycles. The van der Waals surface area contributed by atoms with E-state index in [0.717, 1.165) is 23.8 Å². The van der Waals surface area contributed by atoms with Crippen LogP contribution < -0.4 is 5.32 Å². The molecule has 1 atom stereocenters. The van der Waals surface area contributed by atoms with Crippen LogP contribution in [0.25, 0.3) is 0 Å². The van der Waals surface area contributed by atoms with Crippen LogP contribution in [0.1, 0.15) is 44.9 Å². The first-order valence-corrected chi connectivity index (χ1v) is 11.2. The Morgan fingerprint density at radius 3 is 2.59 bits per heavy atom. The second kappa shape index (κ2) is 8.55. The summed E-state index contributed by atoms with van der Waals surface area (Å²) in [7, 11) is -3.18. The van der Waals surface area contributed by atoms with Crippen LogP contribution in [0.3, 0.4) is 0 Å². The van der Waals surface area contributed by atoms with Gasteiger partial charge in [0.05, 0.1) is 12.2 Å². The van der Waals surface area contributed by atoms with Crippen LogP contribution in [-0.2, 0) is 14.8 Å². The molecule has 7 heteroatoms. The summed E-state index contributed by atoms with van der Waals surface area (Å²) in [5.74, 6) is 0.777. The molecule has 1 heterocycles. The summed E-state index contributed by atoms with van der Waals surface area (Å²) in [6.07, 6.45) is 9.44. The van der Waals surface area contributed by atoms with Crippen LogP contribution >= 0.6 is 11.8 Å². The van der Waals surface area contributed by atoms with E-state index in [4.69, 9.17) is 0 Å². The molecule has 1 saturated carbocycles. The minimum absolute atomic E-state index is 0.0117. The molecule has 0 spiro atoms. The molecule has 128 valence electrons. The first kappa shape index (κ1) is 18.1. The van der Waals surface area contributed by atoms with Gasteiger partial charge in [0.15, 0.2) is 0 Å². The molecule has 1 saturated heterocycles. The number of amides is 1. The van der Waals surface area contributed by atoms with Crippen LogP contribution in [0.15, 0.2) is 0 Å². The highest BCUT2D eigenvalue weighted by Gasteiger charge is 2.29. The fraction of sp³-hybridized carbons (Fsp3) is 0.933. The van der Waals surface area contributed by atoms with Crippen LogP contribution in [0.5, 0.6) is 0 Å². The number of thioether (sulfide) groups is 1. The third-order valence-electron chi connectivity index (χ3n) is 4.53. The summed E-state index contributed by atoms with van der Waals surface area (Å²) in [4.78, 5) is 12.2. The molecule has 22 heavy (non-hydrogen) atoms. The number of hydrogen-bond donors (Lipinski definition) is 1. The third-order valence-corrected chi connectivity index (χ3v) is 7.18. The van der Waals surface area contributed by atoms with Crippen LogP contribution in [-0.4, -0.2) is 55.5 Å². The monoisotopic (exact) mass is 348 g/mol. The van der Waals surface area contributed by atoms with E-state index >= 15 is 0 Å². The lowest BCUT2D eigenvalue weighted by atomic mass is 9.99. The first-order chi connectivity index (χ1) is 10.5.